The van der Waals surface area contributed by atoms with Gasteiger partial charge in [-0.05, 0) is 17.7 Å². The first-order valence-electron chi connectivity index (χ1n) is 4.76. The number of benzene rings is 1. The number of quaternary nitrogens is 1. The SMILES string of the molecule is C=CC(=O)[N+](C)(C)c1ccc(C=C)cc1.[Cl-]. The summed E-state index contributed by atoms with van der Waals surface area (Å²) in [6.07, 6.45) is 3.13. The molecule has 1 aromatic rings. The molecule has 0 N–H and O–H groups in total. The summed E-state index contributed by atoms with van der Waals surface area (Å²) in [5.74, 6) is -0.0265. The molecular weight excluding hydrogens is 222 g/mol. The fourth-order valence-electron chi connectivity index (χ4n) is 1.34. The molecule has 0 radical (unpaired) electrons. The van der Waals surface area contributed by atoms with Crippen LogP contribution in [0, 0.1) is 0 Å². The van der Waals surface area contributed by atoms with Gasteiger partial charge in [0, 0.05) is 18.2 Å². The molecule has 1 amide bonds. The molecule has 0 unspecified atom stereocenters. The molecule has 86 valence electrons. The van der Waals surface area contributed by atoms with Crippen molar-refractivity contribution in [3.63, 3.8) is 0 Å². The van der Waals surface area contributed by atoms with Gasteiger partial charge in [0.05, 0.1) is 14.1 Å². The maximum Gasteiger partial charge on any atom is 0.342 e. The first kappa shape index (κ1) is 14.6. The van der Waals surface area contributed by atoms with E-state index in [0.717, 1.165) is 11.3 Å². The monoisotopic (exact) mass is 237 g/mol. The van der Waals surface area contributed by atoms with Crippen LogP contribution < -0.4 is 16.9 Å². The molecule has 0 aliphatic heterocycles. The van der Waals surface area contributed by atoms with Crippen LogP contribution in [-0.4, -0.2) is 20.0 Å². The van der Waals surface area contributed by atoms with Crippen LogP contribution >= 0.6 is 0 Å². The van der Waals surface area contributed by atoms with Crippen LogP contribution in [0.1, 0.15) is 5.56 Å². The lowest BCUT2D eigenvalue weighted by Gasteiger charge is -2.24. The lowest BCUT2D eigenvalue weighted by molar-refractivity contribution is -0.123. The highest BCUT2D eigenvalue weighted by atomic mass is 35.5. The summed E-state index contributed by atoms with van der Waals surface area (Å²) < 4.78 is 0.181. The van der Waals surface area contributed by atoms with E-state index < -0.39 is 0 Å². The molecule has 0 fully saturated rings. The van der Waals surface area contributed by atoms with Crippen molar-refractivity contribution in [1.82, 2.24) is 4.48 Å². The first-order chi connectivity index (χ1) is 7.02. The Kier molecular flexibility index (Phi) is 5.15. The van der Waals surface area contributed by atoms with Crippen LogP contribution in [0.2, 0.25) is 0 Å². The lowest BCUT2D eigenvalue weighted by Crippen LogP contribution is -3.00. The highest BCUT2D eigenvalue weighted by molar-refractivity contribution is 5.96. The summed E-state index contributed by atoms with van der Waals surface area (Å²) >= 11 is 0. The standard InChI is InChI=1S/C13H16NO.ClH/c1-5-11-7-9-12(10-8-11)14(3,4)13(15)6-2;/h5-10H,1-2H2,3-4H3;1H/q+1;/p-1. The van der Waals surface area contributed by atoms with E-state index >= 15 is 0 Å². The van der Waals surface area contributed by atoms with Crippen molar-refractivity contribution >= 4 is 17.7 Å². The fraction of sp³-hybridized carbons (Fsp3) is 0.154. The number of halogens is 1. The average molecular weight is 238 g/mol. The number of likely N-dealkylation sites (N-methyl/N-ethyl adjacent to an activating group) is 1. The van der Waals surface area contributed by atoms with Crippen LogP contribution in [0.5, 0.6) is 0 Å². The minimum atomic E-state index is -0.0265. The Morgan fingerprint density at radius 3 is 2.06 bits per heavy atom. The third kappa shape index (κ3) is 2.81. The van der Waals surface area contributed by atoms with Crippen molar-refractivity contribution < 1.29 is 17.2 Å². The van der Waals surface area contributed by atoms with Gasteiger partial charge < -0.3 is 12.4 Å². The summed E-state index contributed by atoms with van der Waals surface area (Å²) in [5.41, 5.74) is 1.98. The second-order valence-electron chi connectivity index (χ2n) is 3.79. The van der Waals surface area contributed by atoms with E-state index in [2.05, 4.69) is 13.2 Å². The van der Waals surface area contributed by atoms with E-state index in [9.17, 15) is 4.79 Å². The molecule has 0 aromatic heterocycles. The molecule has 1 rings (SSSR count). The number of carbonyl (C=O) groups is 1. The Morgan fingerprint density at radius 1 is 1.19 bits per heavy atom. The second kappa shape index (κ2) is 5.64. The van der Waals surface area contributed by atoms with Crippen molar-refractivity contribution in [2.75, 3.05) is 14.1 Å². The molecule has 0 aliphatic rings. The van der Waals surface area contributed by atoms with Gasteiger partial charge in [-0.15, -0.1) is 0 Å². The minimum Gasteiger partial charge on any atom is -1.00 e. The van der Waals surface area contributed by atoms with Gasteiger partial charge in [0.25, 0.3) is 0 Å². The molecule has 0 saturated heterocycles. The quantitative estimate of drug-likeness (QED) is 0.517. The topological polar surface area (TPSA) is 17.1 Å². The molecule has 0 heterocycles. The zero-order valence-corrected chi connectivity index (χ0v) is 10.4. The Labute approximate surface area is 103 Å². The van der Waals surface area contributed by atoms with E-state index in [1.54, 1.807) is 6.08 Å². The number of carbonyl (C=O) groups excluding carboxylic acids is 1. The normalized spacial score (nSPS) is 10.1. The van der Waals surface area contributed by atoms with Gasteiger partial charge in [-0.1, -0.05) is 19.2 Å². The maximum atomic E-state index is 11.6. The van der Waals surface area contributed by atoms with Crippen molar-refractivity contribution in [2.45, 2.75) is 0 Å². The summed E-state index contributed by atoms with van der Waals surface area (Å²) in [5, 5.41) is 0. The van der Waals surface area contributed by atoms with Gasteiger partial charge in [0.15, 0.2) is 0 Å². The first-order valence-corrected chi connectivity index (χ1v) is 4.76. The van der Waals surface area contributed by atoms with Crippen molar-refractivity contribution in [2.24, 2.45) is 0 Å². The van der Waals surface area contributed by atoms with Crippen LogP contribution in [0.3, 0.4) is 0 Å². The van der Waals surface area contributed by atoms with Gasteiger partial charge in [-0.25, -0.2) is 9.28 Å². The minimum absolute atomic E-state index is 0. The van der Waals surface area contributed by atoms with E-state index in [1.165, 1.54) is 6.08 Å². The number of rotatable bonds is 3. The predicted octanol–water partition coefficient (Wildman–Crippen LogP) is -0.387. The van der Waals surface area contributed by atoms with Gasteiger partial charge in [-0.2, -0.15) is 0 Å². The number of amides is 1. The van der Waals surface area contributed by atoms with Gasteiger partial charge in [-0.3, -0.25) is 0 Å². The number of nitrogens with zero attached hydrogens (tertiary/aromatic N) is 1. The third-order valence-electron chi connectivity index (χ3n) is 2.50. The molecule has 3 heteroatoms. The predicted molar refractivity (Wildman–Crippen MR) is 65.4 cm³/mol. The zero-order valence-electron chi connectivity index (χ0n) is 9.61. The van der Waals surface area contributed by atoms with E-state index in [-0.39, 0.29) is 22.8 Å². The molecule has 2 nitrogen and oxygen atoms in total. The molecule has 0 atom stereocenters. The Bertz CT molecular complexity index is 393. The van der Waals surface area contributed by atoms with E-state index in [0.29, 0.717) is 0 Å². The van der Waals surface area contributed by atoms with Crippen molar-refractivity contribution in [1.29, 1.82) is 0 Å². The second-order valence-corrected chi connectivity index (χ2v) is 3.79. The van der Waals surface area contributed by atoms with Crippen molar-refractivity contribution in [3.8, 4) is 0 Å². The summed E-state index contributed by atoms with van der Waals surface area (Å²) in [4.78, 5) is 11.6. The van der Waals surface area contributed by atoms with Crippen molar-refractivity contribution in [3.05, 3.63) is 49.1 Å². The molecule has 1 aromatic carbocycles. The molecule has 16 heavy (non-hydrogen) atoms. The summed E-state index contributed by atoms with van der Waals surface area (Å²) in [6, 6.07) is 7.74. The molecule has 0 aliphatic carbocycles. The smallest absolute Gasteiger partial charge is 0.342 e. The molecular formula is C13H16ClNO. The van der Waals surface area contributed by atoms with Crippen LogP contribution in [0.25, 0.3) is 6.08 Å². The van der Waals surface area contributed by atoms with Crippen LogP contribution in [0.4, 0.5) is 5.69 Å². The Balaban J connectivity index is 0.00000225. The summed E-state index contributed by atoms with van der Waals surface area (Å²) in [6.45, 7) is 7.19. The molecule has 0 spiro atoms. The van der Waals surface area contributed by atoms with Gasteiger partial charge in [0.1, 0.15) is 5.69 Å². The third-order valence-corrected chi connectivity index (χ3v) is 2.50. The fourth-order valence-corrected chi connectivity index (χ4v) is 1.34. The maximum absolute atomic E-state index is 11.6. The molecule has 0 bridgehead atoms. The van der Waals surface area contributed by atoms with Gasteiger partial charge >= 0.3 is 5.91 Å². The van der Waals surface area contributed by atoms with E-state index in [4.69, 9.17) is 0 Å². The van der Waals surface area contributed by atoms with Crippen LogP contribution in [-0.2, 0) is 4.79 Å². The largest absolute Gasteiger partial charge is 1.00 e. The zero-order chi connectivity index (χ0) is 11.5. The Hall–Kier alpha value is -1.38. The number of hydrogen-bond donors (Lipinski definition) is 0. The lowest BCUT2D eigenvalue weighted by atomic mass is 10.2. The summed E-state index contributed by atoms with van der Waals surface area (Å²) in [7, 11) is 3.68. The average Bonchev–Trinajstić information content (AvgIpc) is 2.28. The van der Waals surface area contributed by atoms with Crippen LogP contribution in [0.15, 0.2) is 43.5 Å². The highest BCUT2D eigenvalue weighted by Crippen LogP contribution is 2.20. The molecule has 0 saturated carbocycles. The number of hydrogen-bond acceptors (Lipinski definition) is 1. The Morgan fingerprint density at radius 2 is 1.69 bits per heavy atom. The highest BCUT2D eigenvalue weighted by Gasteiger charge is 2.26. The van der Waals surface area contributed by atoms with E-state index in [1.807, 2.05) is 38.4 Å². The van der Waals surface area contributed by atoms with Gasteiger partial charge in [0.2, 0.25) is 0 Å².